The molecule has 112 valence electrons. The molecule has 0 unspecified atom stereocenters. The van der Waals surface area contributed by atoms with Crippen LogP contribution in [0.4, 0.5) is 5.69 Å². The standard InChI is InChI=1S/C12H12ClN3O4S/c1-7-11(6-14-15-7)21(18,19)16-10-5-8(13)3-4-9(10)12(17)20-2/h3-6,16H,1-2H3,(H,14,15). The Hall–Kier alpha value is -2.06. The van der Waals surface area contributed by atoms with Crippen LogP contribution in [0.1, 0.15) is 16.1 Å². The number of carbonyl (C=O) groups is 1. The van der Waals surface area contributed by atoms with E-state index in [0.29, 0.717) is 5.69 Å². The van der Waals surface area contributed by atoms with Crippen LogP contribution in [-0.4, -0.2) is 31.7 Å². The lowest BCUT2D eigenvalue weighted by Gasteiger charge is -2.11. The Morgan fingerprint density at radius 1 is 1.43 bits per heavy atom. The molecule has 0 spiro atoms. The summed E-state index contributed by atoms with van der Waals surface area (Å²) >= 11 is 5.84. The van der Waals surface area contributed by atoms with Gasteiger partial charge in [-0.05, 0) is 25.1 Å². The Bertz CT molecular complexity index is 786. The maximum Gasteiger partial charge on any atom is 0.339 e. The third kappa shape index (κ3) is 3.17. The first-order valence-corrected chi connectivity index (χ1v) is 7.62. The number of H-pyrrole nitrogens is 1. The molecule has 0 saturated carbocycles. The maximum atomic E-state index is 12.3. The molecule has 0 aliphatic rings. The van der Waals surface area contributed by atoms with E-state index >= 15 is 0 Å². The highest BCUT2D eigenvalue weighted by molar-refractivity contribution is 7.92. The van der Waals surface area contributed by atoms with E-state index in [0.717, 1.165) is 0 Å². The Labute approximate surface area is 126 Å². The summed E-state index contributed by atoms with van der Waals surface area (Å²) in [6.45, 7) is 1.57. The van der Waals surface area contributed by atoms with Gasteiger partial charge in [-0.15, -0.1) is 0 Å². The molecule has 0 aliphatic carbocycles. The Kier molecular flexibility index (Phi) is 4.19. The van der Waals surface area contributed by atoms with E-state index in [4.69, 9.17) is 11.6 Å². The van der Waals surface area contributed by atoms with Crippen molar-refractivity contribution >= 4 is 33.3 Å². The molecule has 2 N–H and O–H groups in total. The van der Waals surface area contributed by atoms with Gasteiger partial charge in [0.1, 0.15) is 4.90 Å². The third-order valence-electron chi connectivity index (χ3n) is 2.70. The SMILES string of the molecule is COC(=O)c1ccc(Cl)cc1NS(=O)(=O)c1cn[nH]c1C. The van der Waals surface area contributed by atoms with Crippen molar-refractivity contribution in [1.82, 2.24) is 10.2 Å². The number of sulfonamides is 1. The van der Waals surface area contributed by atoms with Crippen molar-refractivity contribution in [2.45, 2.75) is 11.8 Å². The lowest BCUT2D eigenvalue weighted by atomic mass is 10.2. The molecule has 0 atom stereocenters. The van der Waals surface area contributed by atoms with Gasteiger partial charge in [0.05, 0.1) is 30.3 Å². The minimum absolute atomic E-state index is 0.0155. The molecule has 1 aromatic heterocycles. The fourth-order valence-corrected chi connectivity index (χ4v) is 3.08. The molecular weight excluding hydrogens is 318 g/mol. The first-order chi connectivity index (χ1) is 9.85. The maximum absolute atomic E-state index is 12.3. The number of anilines is 1. The summed E-state index contributed by atoms with van der Waals surface area (Å²) in [4.78, 5) is 11.7. The quantitative estimate of drug-likeness (QED) is 0.835. The summed E-state index contributed by atoms with van der Waals surface area (Å²) in [7, 11) is -2.69. The van der Waals surface area contributed by atoms with Crippen molar-refractivity contribution in [2.75, 3.05) is 11.8 Å². The van der Waals surface area contributed by atoms with Gasteiger partial charge in [-0.1, -0.05) is 11.6 Å². The van der Waals surface area contributed by atoms with E-state index in [-0.39, 0.29) is 21.2 Å². The molecule has 0 bridgehead atoms. The minimum Gasteiger partial charge on any atom is -0.465 e. The summed E-state index contributed by atoms with van der Waals surface area (Å²) < 4.78 is 31.5. The lowest BCUT2D eigenvalue weighted by molar-refractivity contribution is 0.0602. The largest absolute Gasteiger partial charge is 0.465 e. The summed E-state index contributed by atoms with van der Waals surface area (Å²) in [5, 5.41) is 6.47. The van der Waals surface area contributed by atoms with Crippen LogP contribution >= 0.6 is 11.6 Å². The predicted octanol–water partition coefficient (Wildman–Crippen LogP) is 1.96. The number of hydrogen-bond acceptors (Lipinski definition) is 5. The van der Waals surface area contributed by atoms with Gasteiger partial charge in [0.15, 0.2) is 0 Å². The van der Waals surface area contributed by atoms with Crippen molar-refractivity contribution < 1.29 is 17.9 Å². The number of halogens is 1. The number of ether oxygens (including phenoxy) is 1. The second kappa shape index (κ2) is 5.74. The van der Waals surface area contributed by atoms with Crippen molar-refractivity contribution in [3.8, 4) is 0 Å². The monoisotopic (exact) mass is 329 g/mol. The van der Waals surface area contributed by atoms with Crippen LogP contribution in [-0.2, 0) is 14.8 Å². The van der Waals surface area contributed by atoms with E-state index in [9.17, 15) is 13.2 Å². The number of benzene rings is 1. The number of hydrogen-bond donors (Lipinski definition) is 2. The normalized spacial score (nSPS) is 11.2. The van der Waals surface area contributed by atoms with Crippen molar-refractivity contribution in [2.24, 2.45) is 0 Å². The van der Waals surface area contributed by atoms with Crippen LogP contribution in [0, 0.1) is 6.92 Å². The van der Waals surface area contributed by atoms with Gasteiger partial charge in [-0.3, -0.25) is 9.82 Å². The zero-order chi connectivity index (χ0) is 15.6. The topological polar surface area (TPSA) is 101 Å². The van der Waals surface area contributed by atoms with Crippen LogP contribution < -0.4 is 4.72 Å². The molecule has 2 rings (SSSR count). The van der Waals surface area contributed by atoms with Gasteiger partial charge in [-0.2, -0.15) is 5.10 Å². The van der Waals surface area contributed by atoms with Gasteiger partial charge >= 0.3 is 5.97 Å². The number of methoxy groups -OCH3 is 1. The van der Waals surface area contributed by atoms with Gasteiger partial charge in [0.25, 0.3) is 10.0 Å². The number of esters is 1. The fraction of sp³-hybridized carbons (Fsp3) is 0.167. The molecular formula is C12H12ClN3O4S. The molecule has 1 aromatic carbocycles. The average Bonchev–Trinajstić information content (AvgIpc) is 2.85. The second-order valence-electron chi connectivity index (χ2n) is 4.15. The highest BCUT2D eigenvalue weighted by Gasteiger charge is 2.22. The first-order valence-electron chi connectivity index (χ1n) is 5.76. The summed E-state index contributed by atoms with van der Waals surface area (Å²) in [6.07, 6.45) is 1.18. The van der Waals surface area contributed by atoms with Gasteiger partial charge in [0, 0.05) is 5.02 Å². The molecule has 0 fully saturated rings. The van der Waals surface area contributed by atoms with E-state index in [1.54, 1.807) is 6.92 Å². The van der Waals surface area contributed by atoms with E-state index in [1.165, 1.54) is 31.5 Å². The second-order valence-corrected chi connectivity index (χ2v) is 6.23. The summed E-state index contributed by atoms with van der Waals surface area (Å²) in [6, 6.07) is 4.18. The molecule has 9 heteroatoms. The minimum atomic E-state index is -3.89. The Morgan fingerprint density at radius 3 is 2.71 bits per heavy atom. The summed E-state index contributed by atoms with van der Waals surface area (Å²) in [5.74, 6) is -0.673. The number of carbonyl (C=O) groups excluding carboxylic acids is 1. The highest BCUT2D eigenvalue weighted by atomic mass is 35.5. The zero-order valence-corrected chi connectivity index (χ0v) is 12.7. The molecule has 21 heavy (non-hydrogen) atoms. The molecule has 0 radical (unpaired) electrons. The van der Waals surface area contributed by atoms with Crippen LogP contribution in [0.3, 0.4) is 0 Å². The van der Waals surface area contributed by atoms with Crippen LogP contribution in [0.5, 0.6) is 0 Å². The number of nitrogens with one attached hydrogen (secondary N) is 2. The predicted molar refractivity (Wildman–Crippen MR) is 76.9 cm³/mol. The first kappa shape index (κ1) is 15.3. The smallest absolute Gasteiger partial charge is 0.339 e. The zero-order valence-electron chi connectivity index (χ0n) is 11.2. The Morgan fingerprint density at radius 2 is 2.14 bits per heavy atom. The van der Waals surface area contributed by atoms with Crippen LogP contribution in [0.2, 0.25) is 5.02 Å². The van der Waals surface area contributed by atoms with Crippen molar-refractivity contribution in [3.63, 3.8) is 0 Å². The van der Waals surface area contributed by atoms with Crippen LogP contribution in [0.15, 0.2) is 29.3 Å². The molecule has 7 nitrogen and oxygen atoms in total. The molecule has 0 amide bonds. The van der Waals surface area contributed by atoms with Crippen molar-refractivity contribution in [3.05, 3.63) is 40.7 Å². The molecule has 0 saturated heterocycles. The third-order valence-corrected chi connectivity index (χ3v) is 4.42. The highest BCUT2D eigenvalue weighted by Crippen LogP contribution is 2.25. The Balaban J connectivity index is 2.46. The lowest BCUT2D eigenvalue weighted by Crippen LogP contribution is -2.16. The number of aromatic nitrogens is 2. The van der Waals surface area contributed by atoms with E-state index < -0.39 is 16.0 Å². The number of rotatable bonds is 4. The summed E-state index contributed by atoms with van der Waals surface area (Å²) in [5.41, 5.74) is 0.478. The van der Waals surface area contributed by atoms with Gasteiger partial charge in [0.2, 0.25) is 0 Å². The molecule has 2 aromatic rings. The van der Waals surface area contributed by atoms with Gasteiger partial charge < -0.3 is 4.74 Å². The average molecular weight is 330 g/mol. The number of nitrogens with zero attached hydrogens (tertiary/aromatic N) is 1. The number of aromatic amines is 1. The molecule has 0 aliphatic heterocycles. The molecule has 1 heterocycles. The van der Waals surface area contributed by atoms with Crippen LogP contribution in [0.25, 0.3) is 0 Å². The number of aryl methyl sites for hydroxylation is 1. The van der Waals surface area contributed by atoms with Crippen molar-refractivity contribution in [1.29, 1.82) is 0 Å². The van der Waals surface area contributed by atoms with E-state index in [2.05, 4.69) is 19.7 Å². The fourth-order valence-electron chi connectivity index (χ4n) is 1.70. The van der Waals surface area contributed by atoms with Gasteiger partial charge in [-0.25, -0.2) is 13.2 Å². The van der Waals surface area contributed by atoms with E-state index in [1.807, 2.05) is 0 Å².